The predicted molar refractivity (Wildman–Crippen MR) is 193 cm³/mol. The maximum absolute atomic E-state index is 16.2. The minimum absolute atomic E-state index is 0.462. The first kappa shape index (κ1) is 31.1. The molecule has 5 aromatic rings. The zero-order chi connectivity index (χ0) is 34.0. The van der Waals surface area contributed by atoms with Gasteiger partial charge in [-0.25, -0.2) is 8.78 Å². The molecule has 4 aliphatic rings. The Bertz CT molecular complexity index is 2100. The Kier molecular flexibility index (Phi) is 7.39. The SMILES string of the molecule is COc1ccc(C2(c3ccc(OC)cc3)C=Cc3c4c(c5ccc(N6CCOCC6)cc5c3O2)-c2cc(F)cc(F)c2C42CCCCC2)cc1. The number of hydrogen-bond acceptors (Lipinski definition) is 5. The van der Waals surface area contributed by atoms with Gasteiger partial charge >= 0.3 is 0 Å². The molecule has 0 aromatic heterocycles. The Balaban J connectivity index is 1.36. The normalized spacial score (nSPS) is 18.4. The third kappa shape index (κ3) is 4.59. The highest BCUT2D eigenvalue weighted by molar-refractivity contribution is 6.09. The molecular formula is C43H39F2NO4. The maximum Gasteiger partial charge on any atom is 0.178 e. The molecule has 0 unspecified atom stereocenters. The van der Waals surface area contributed by atoms with Crippen molar-refractivity contribution in [1.29, 1.82) is 0 Å². The van der Waals surface area contributed by atoms with E-state index in [1.54, 1.807) is 20.3 Å². The smallest absolute Gasteiger partial charge is 0.178 e. The lowest BCUT2D eigenvalue weighted by atomic mass is 9.66. The lowest BCUT2D eigenvalue weighted by molar-refractivity contribution is 0.122. The van der Waals surface area contributed by atoms with Gasteiger partial charge in [0.2, 0.25) is 0 Å². The van der Waals surface area contributed by atoms with E-state index in [0.717, 1.165) is 113 Å². The second-order valence-electron chi connectivity index (χ2n) is 13.9. The van der Waals surface area contributed by atoms with Gasteiger partial charge in [-0.1, -0.05) is 55.7 Å². The van der Waals surface area contributed by atoms with E-state index < -0.39 is 22.7 Å². The van der Waals surface area contributed by atoms with Crippen LogP contribution in [-0.4, -0.2) is 40.5 Å². The summed E-state index contributed by atoms with van der Waals surface area (Å²) >= 11 is 0. The molecule has 0 amide bonds. The quantitative estimate of drug-likeness (QED) is 0.186. The van der Waals surface area contributed by atoms with Crippen LogP contribution in [0.3, 0.4) is 0 Å². The monoisotopic (exact) mass is 671 g/mol. The second kappa shape index (κ2) is 11.9. The molecule has 0 atom stereocenters. The van der Waals surface area contributed by atoms with E-state index in [1.165, 1.54) is 0 Å². The summed E-state index contributed by atoms with van der Waals surface area (Å²) in [5, 5.41) is 1.86. The molecule has 50 heavy (non-hydrogen) atoms. The number of methoxy groups -OCH3 is 2. The molecule has 2 aliphatic carbocycles. The molecule has 0 bridgehead atoms. The van der Waals surface area contributed by atoms with Crippen molar-refractivity contribution < 1.29 is 27.7 Å². The fraction of sp³-hybridized carbons (Fsp3) is 0.302. The lowest BCUT2D eigenvalue weighted by Gasteiger charge is -2.41. The Hall–Kier alpha value is -4.88. The average Bonchev–Trinajstić information content (AvgIpc) is 3.44. The van der Waals surface area contributed by atoms with E-state index in [1.807, 2.05) is 48.5 Å². The number of halogens is 2. The Labute approximate surface area is 291 Å². The second-order valence-corrected chi connectivity index (χ2v) is 13.9. The van der Waals surface area contributed by atoms with Crippen molar-refractivity contribution in [3.63, 3.8) is 0 Å². The van der Waals surface area contributed by atoms with Crippen molar-refractivity contribution in [2.75, 3.05) is 45.4 Å². The Morgan fingerprint density at radius 2 is 1.38 bits per heavy atom. The number of anilines is 1. The van der Waals surface area contributed by atoms with Crippen molar-refractivity contribution >= 4 is 22.5 Å². The number of rotatable bonds is 5. The summed E-state index contributed by atoms with van der Waals surface area (Å²) < 4.78 is 55.7. The molecule has 2 heterocycles. The summed E-state index contributed by atoms with van der Waals surface area (Å²) in [7, 11) is 3.32. The highest BCUT2D eigenvalue weighted by Crippen LogP contribution is 2.63. The summed E-state index contributed by atoms with van der Waals surface area (Å²) in [5.74, 6) is 1.24. The van der Waals surface area contributed by atoms with Crippen molar-refractivity contribution in [3.8, 4) is 28.4 Å². The molecule has 0 N–H and O–H groups in total. The van der Waals surface area contributed by atoms with Crippen LogP contribution in [0, 0.1) is 11.6 Å². The van der Waals surface area contributed by atoms with Crippen LogP contribution >= 0.6 is 0 Å². The standard InChI is InChI=1S/C43H39F2NO4/c1-47-31-11-6-27(7-12-31)43(28-8-13-32(48-2)14-9-28)19-16-34-40-38(36-24-29(44)25-37(45)39(36)42(40)17-4-3-5-18-42)33-15-10-30(26-35(33)41(34)50-43)46-20-22-49-23-21-46/h6-16,19,24-26H,3-5,17-18,20-23H2,1-2H3. The van der Waals surface area contributed by atoms with E-state index in [-0.39, 0.29) is 0 Å². The molecule has 1 spiro atoms. The highest BCUT2D eigenvalue weighted by atomic mass is 19.1. The maximum atomic E-state index is 16.2. The minimum atomic E-state index is -0.996. The van der Waals surface area contributed by atoms with Gasteiger partial charge in [-0.15, -0.1) is 0 Å². The van der Waals surface area contributed by atoms with Gasteiger partial charge in [-0.05, 0) is 83.5 Å². The predicted octanol–water partition coefficient (Wildman–Crippen LogP) is 9.55. The molecule has 0 radical (unpaired) electrons. The molecule has 5 nitrogen and oxygen atoms in total. The van der Waals surface area contributed by atoms with Gasteiger partial charge in [-0.2, -0.15) is 0 Å². The molecule has 1 saturated heterocycles. The van der Waals surface area contributed by atoms with E-state index >= 15 is 8.78 Å². The number of benzene rings is 5. The minimum Gasteiger partial charge on any atom is -0.497 e. The molecule has 9 rings (SSSR count). The summed E-state index contributed by atoms with van der Waals surface area (Å²) in [5.41, 5.74) is 5.61. The Morgan fingerprint density at radius 3 is 2.02 bits per heavy atom. The fourth-order valence-corrected chi connectivity index (χ4v) is 9.12. The van der Waals surface area contributed by atoms with Crippen LogP contribution < -0.4 is 19.1 Å². The van der Waals surface area contributed by atoms with E-state index in [9.17, 15) is 0 Å². The molecule has 7 heteroatoms. The number of morpholine rings is 1. The van der Waals surface area contributed by atoms with Crippen molar-refractivity contribution in [2.45, 2.75) is 43.1 Å². The molecule has 254 valence electrons. The van der Waals surface area contributed by atoms with E-state index in [2.05, 4.69) is 35.3 Å². The van der Waals surface area contributed by atoms with Crippen molar-refractivity contribution in [1.82, 2.24) is 0 Å². The van der Waals surface area contributed by atoms with Gasteiger partial charge in [0.25, 0.3) is 0 Å². The number of hydrogen-bond donors (Lipinski definition) is 0. The first-order chi connectivity index (χ1) is 24.5. The summed E-state index contributed by atoms with van der Waals surface area (Å²) in [6.45, 7) is 2.88. The number of ether oxygens (including phenoxy) is 4. The third-order valence-electron chi connectivity index (χ3n) is 11.4. The summed E-state index contributed by atoms with van der Waals surface area (Å²) in [6, 6.07) is 25.1. The summed E-state index contributed by atoms with van der Waals surface area (Å²) in [6.07, 6.45) is 8.97. The van der Waals surface area contributed by atoms with Gasteiger partial charge < -0.3 is 23.8 Å². The number of fused-ring (bicyclic) bond motifs is 10. The Morgan fingerprint density at radius 1 is 0.720 bits per heavy atom. The van der Waals surface area contributed by atoms with E-state index in [4.69, 9.17) is 18.9 Å². The van der Waals surface area contributed by atoms with E-state index in [0.29, 0.717) is 24.3 Å². The topological polar surface area (TPSA) is 40.2 Å². The highest BCUT2D eigenvalue weighted by Gasteiger charge is 2.50. The van der Waals surface area contributed by atoms with Crippen molar-refractivity contribution in [3.05, 3.63) is 124 Å². The average molecular weight is 672 g/mol. The van der Waals surface area contributed by atoms with Crippen LogP contribution in [0.2, 0.25) is 0 Å². The van der Waals surface area contributed by atoms with Crippen molar-refractivity contribution in [2.24, 2.45) is 0 Å². The fourth-order valence-electron chi connectivity index (χ4n) is 9.12. The molecular weight excluding hydrogens is 632 g/mol. The lowest BCUT2D eigenvalue weighted by Crippen LogP contribution is -2.36. The van der Waals surface area contributed by atoms with Gasteiger partial charge in [0, 0.05) is 57.9 Å². The first-order valence-electron chi connectivity index (χ1n) is 17.6. The number of nitrogens with zero attached hydrogens (tertiary/aromatic N) is 1. The van der Waals surface area contributed by atoms with Gasteiger partial charge in [0.05, 0.1) is 27.4 Å². The molecule has 2 fully saturated rings. The van der Waals surface area contributed by atoms with Crippen LogP contribution in [0.4, 0.5) is 14.5 Å². The third-order valence-corrected chi connectivity index (χ3v) is 11.4. The van der Waals surface area contributed by atoms with Crippen LogP contribution in [0.5, 0.6) is 17.2 Å². The summed E-state index contributed by atoms with van der Waals surface area (Å²) in [4.78, 5) is 2.33. The van der Waals surface area contributed by atoms with Crippen LogP contribution in [-0.2, 0) is 15.8 Å². The van der Waals surface area contributed by atoms with Gasteiger partial charge in [0.15, 0.2) is 5.60 Å². The molecule has 1 saturated carbocycles. The largest absolute Gasteiger partial charge is 0.497 e. The van der Waals surface area contributed by atoms with Crippen LogP contribution in [0.15, 0.2) is 84.9 Å². The van der Waals surface area contributed by atoms with Crippen LogP contribution in [0.25, 0.3) is 28.0 Å². The first-order valence-corrected chi connectivity index (χ1v) is 17.6. The van der Waals surface area contributed by atoms with Gasteiger partial charge in [-0.3, -0.25) is 0 Å². The van der Waals surface area contributed by atoms with Gasteiger partial charge in [0.1, 0.15) is 28.9 Å². The van der Waals surface area contributed by atoms with Crippen LogP contribution in [0.1, 0.15) is 59.9 Å². The molecule has 5 aromatic carbocycles. The zero-order valence-corrected chi connectivity index (χ0v) is 28.4. The molecule has 2 aliphatic heterocycles. The zero-order valence-electron chi connectivity index (χ0n) is 28.4.